The van der Waals surface area contributed by atoms with E-state index >= 15 is 0 Å². The van der Waals surface area contributed by atoms with E-state index in [2.05, 4.69) is 22.1 Å². The molecule has 1 rings (SSSR count). The molecule has 0 radical (unpaired) electrons. The molecule has 1 amide bonds. The van der Waals surface area contributed by atoms with Crippen LogP contribution >= 0.6 is 0 Å². The summed E-state index contributed by atoms with van der Waals surface area (Å²) in [6.07, 6.45) is 0. The third-order valence-corrected chi connectivity index (χ3v) is 2.37. The fourth-order valence-electron chi connectivity index (χ4n) is 1.40. The predicted molar refractivity (Wildman–Crippen MR) is 63.2 cm³/mol. The zero-order valence-electron chi connectivity index (χ0n) is 10.1. The first kappa shape index (κ1) is 13.7. The van der Waals surface area contributed by atoms with Gasteiger partial charge in [0.15, 0.2) is 6.61 Å². The van der Waals surface area contributed by atoms with Crippen LogP contribution in [0, 0.1) is 0 Å². The first-order chi connectivity index (χ1) is 8.09. The number of ether oxygens (including phenoxy) is 1. The number of esters is 1. The molecule has 6 heteroatoms. The van der Waals surface area contributed by atoms with Crippen LogP contribution in [-0.2, 0) is 14.3 Å². The Morgan fingerprint density at radius 3 is 2.88 bits per heavy atom. The Hall–Kier alpha value is -1.40. The van der Waals surface area contributed by atoms with Crippen LogP contribution in [0.25, 0.3) is 0 Å². The Bertz CT molecular complexity index is 298. The maximum absolute atomic E-state index is 11.3. The lowest BCUT2D eigenvalue weighted by molar-refractivity contribution is -0.144. The van der Waals surface area contributed by atoms with Gasteiger partial charge in [0.05, 0.1) is 0 Å². The second-order valence-electron chi connectivity index (χ2n) is 3.98. The molecule has 2 N–H and O–H groups in total. The highest BCUT2D eigenvalue weighted by atomic mass is 16.5. The highest BCUT2D eigenvalue weighted by Crippen LogP contribution is 1.92. The van der Waals surface area contributed by atoms with Gasteiger partial charge in [-0.2, -0.15) is 0 Å². The van der Waals surface area contributed by atoms with E-state index in [0.717, 1.165) is 26.3 Å². The van der Waals surface area contributed by atoms with Crippen molar-refractivity contribution in [3.63, 3.8) is 0 Å². The molecule has 0 aromatic heterocycles. The van der Waals surface area contributed by atoms with Gasteiger partial charge >= 0.3 is 5.97 Å². The Labute approximate surface area is 101 Å². The zero-order valence-corrected chi connectivity index (χ0v) is 10.1. The molecule has 0 aliphatic carbocycles. The number of carbonyl (C=O) groups is 2. The molecule has 17 heavy (non-hydrogen) atoms. The van der Waals surface area contributed by atoms with E-state index in [1.54, 1.807) is 6.92 Å². The topological polar surface area (TPSA) is 70.7 Å². The fraction of sp³-hybridized carbons (Fsp3) is 0.636. The minimum atomic E-state index is -0.538. The van der Waals surface area contributed by atoms with Gasteiger partial charge in [-0.25, -0.2) is 4.79 Å². The van der Waals surface area contributed by atoms with Crippen LogP contribution in [0.4, 0.5) is 0 Å². The largest absolute Gasteiger partial charge is 0.452 e. The lowest BCUT2D eigenvalue weighted by atomic mass is 10.4. The highest BCUT2D eigenvalue weighted by molar-refractivity contribution is 5.89. The number of amides is 1. The molecule has 1 aliphatic rings. The van der Waals surface area contributed by atoms with E-state index in [-0.39, 0.29) is 12.5 Å². The SMILES string of the molecule is C=C(C)C(=O)OCC(=O)NCCN1CCNC1. The van der Waals surface area contributed by atoms with Crippen LogP contribution in [0.3, 0.4) is 0 Å². The summed E-state index contributed by atoms with van der Waals surface area (Å²) in [5.41, 5.74) is 0.293. The maximum atomic E-state index is 11.3. The summed E-state index contributed by atoms with van der Waals surface area (Å²) in [7, 11) is 0. The molecule has 0 unspecified atom stereocenters. The van der Waals surface area contributed by atoms with Crippen molar-refractivity contribution in [2.75, 3.05) is 39.5 Å². The summed E-state index contributed by atoms with van der Waals surface area (Å²) in [4.78, 5) is 24.5. The van der Waals surface area contributed by atoms with Crippen LogP contribution in [0.2, 0.25) is 0 Å². The first-order valence-electron chi connectivity index (χ1n) is 5.62. The summed E-state index contributed by atoms with van der Waals surface area (Å²) in [6.45, 7) is 8.94. The monoisotopic (exact) mass is 241 g/mol. The summed E-state index contributed by atoms with van der Waals surface area (Å²) in [5, 5.41) is 5.89. The van der Waals surface area contributed by atoms with E-state index in [1.165, 1.54) is 0 Å². The molecular formula is C11H19N3O3. The number of carbonyl (C=O) groups excluding carboxylic acids is 2. The molecule has 0 aromatic rings. The van der Waals surface area contributed by atoms with Gasteiger partial charge in [0.25, 0.3) is 5.91 Å². The van der Waals surface area contributed by atoms with Gasteiger partial charge < -0.3 is 15.4 Å². The van der Waals surface area contributed by atoms with E-state index in [4.69, 9.17) is 4.74 Å². The third kappa shape index (κ3) is 5.46. The summed E-state index contributed by atoms with van der Waals surface area (Å²) >= 11 is 0. The van der Waals surface area contributed by atoms with Crippen molar-refractivity contribution in [2.45, 2.75) is 6.92 Å². The van der Waals surface area contributed by atoms with Gasteiger partial charge in [0.1, 0.15) is 0 Å². The van der Waals surface area contributed by atoms with Crippen LogP contribution in [0.1, 0.15) is 6.92 Å². The average Bonchev–Trinajstić information content (AvgIpc) is 2.78. The van der Waals surface area contributed by atoms with Crippen molar-refractivity contribution >= 4 is 11.9 Å². The molecule has 1 aliphatic heterocycles. The first-order valence-corrected chi connectivity index (χ1v) is 5.62. The Morgan fingerprint density at radius 2 is 2.29 bits per heavy atom. The van der Waals surface area contributed by atoms with Crippen LogP contribution < -0.4 is 10.6 Å². The molecule has 0 aromatic carbocycles. The molecule has 96 valence electrons. The van der Waals surface area contributed by atoms with Crippen molar-refractivity contribution in [1.29, 1.82) is 0 Å². The second-order valence-corrected chi connectivity index (χ2v) is 3.98. The predicted octanol–water partition coefficient (Wildman–Crippen LogP) is -0.915. The van der Waals surface area contributed by atoms with E-state index in [1.807, 2.05) is 0 Å². The lowest BCUT2D eigenvalue weighted by Crippen LogP contribution is -2.36. The summed E-state index contributed by atoms with van der Waals surface area (Å²) < 4.78 is 4.71. The van der Waals surface area contributed by atoms with Gasteiger partial charge in [-0.1, -0.05) is 6.58 Å². The van der Waals surface area contributed by atoms with Crippen molar-refractivity contribution in [3.05, 3.63) is 12.2 Å². The molecular weight excluding hydrogens is 222 g/mol. The van der Waals surface area contributed by atoms with Crippen LogP contribution in [-0.4, -0.2) is 56.2 Å². The van der Waals surface area contributed by atoms with Crippen molar-refractivity contribution in [2.24, 2.45) is 0 Å². The summed E-state index contributed by atoms with van der Waals surface area (Å²) in [6, 6.07) is 0. The van der Waals surface area contributed by atoms with E-state index < -0.39 is 5.97 Å². The van der Waals surface area contributed by atoms with Crippen molar-refractivity contribution < 1.29 is 14.3 Å². The molecule has 0 saturated carbocycles. The van der Waals surface area contributed by atoms with Crippen LogP contribution in [0.5, 0.6) is 0 Å². The van der Waals surface area contributed by atoms with Crippen molar-refractivity contribution in [3.8, 4) is 0 Å². The highest BCUT2D eigenvalue weighted by Gasteiger charge is 2.11. The standard InChI is InChI=1S/C11H19N3O3/c1-9(2)11(16)17-7-10(15)13-4-6-14-5-3-12-8-14/h12H,1,3-8H2,2H3,(H,13,15). The molecule has 1 fully saturated rings. The molecule has 0 spiro atoms. The normalized spacial score (nSPS) is 15.6. The van der Waals surface area contributed by atoms with Gasteiger partial charge in [0.2, 0.25) is 0 Å². The van der Waals surface area contributed by atoms with Crippen molar-refractivity contribution in [1.82, 2.24) is 15.5 Å². The zero-order chi connectivity index (χ0) is 12.7. The average molecular weight is 241 g/mol. The van der Waals surface area contributed by atoms with Gasteiger partial charge in [0, 0.05) is 38.4 Å². The minimum absolute atomic E-state index is 0.246. The number of hydrogen-bond donors (Lipinski definition) is 2. The van der Waals surface area contributed by atoms with E-state index in [0.29, 0.717) is 12.1 Å². The Kier molecular flexibility index (Phi) is 5.65. The number of hydrogen-bond acceptors (Lipinski definition) is 5. The Morgan fingerprint density at radius 1 is 1.53 bits per heavy atom. The molecule has 0 atom stereocenters. The molecule has 6 nitrogen and oxygen atoms in total. The van der Waals surface area contributed by atoms with E-state index in [9.17, 15) is 9.59 Å². The summed E-state index contributed by atoms with van der Waals surface area (Å²) in [5.74, 6) is -0.823. The number of nitrogens with zero attached hydrogens (tertiary/aromatic N) is 1. The quantitative estimate of drug-likeness (QED) is 0.465. The molecule has 0 bridgehead atoms. The number of nitrogens with one attached hydrogen (secondary N) is 2. The molecule has 1 saturated heterocycles. The second kappa shape index (κ2) is 7.03. The van der Waals surface area contributed by atoms with Gasteiger partial charge in [-0.05, 0) is 6.92 Å². The van der Waals surface area contributed by atoms with Crippen LogP contribution in [0.15, 0.2) is 12.2 Å². The smallest absolute Gasteiger partial charge is 0.333 e. The third-order valence-electron chi connectivity index (χ3n) is 2.37. The minimum Gasteiger partial charge on any atom is -0.452 e. The molecule has 1 heterocycles. The van der Waals surface area contributed by atoms with Gasteiger partial charge in [-0.3, -0.25) is 9.69 Å². The number of rotatable bonds is 6. The maximum Gasteiger partial charge on any atom is 0.333 e. The van der Waals surface area contributed by atoms with Gasteiger partial charge in [-0.15, -0.1) is 0 Å². The fourth-order valence-corrected chi connectivity index (χ4v) is 1.40. The Balaban J connectivity index is 2.04. The lowest BCUT2D eigenvalue weighted by Gasteiger charge is -2.13.